The molecule has 0 bridgehead atoms. The maximum absolute atomic E-state index is 5.78. The Morgan fingerprint density at radius 2 is 1.91 bits per heavy atom. The highest BCUT2D eigenvalue weighted by molar-refractivity contribution is 5.79. The molecule has 1 aromatic carbocycles. The van der Waals surface area contributed by atoms with Gasteiger partial charge in [0.2, 0.25) is 0 Å². The fourth-order valence-electron chi connectivity index (χ4n) is 2.19. The molecule has 2 rings (SSSR count). The minimum Gasteiger partial charge on any atom is -0.491 e. The van der Waals surface area contributed by atoms with Crippen LogP contribution in [-0.4, -0.2) is 36.8 Å². The Bertz CT molecular complexity index is 593. The molecule has 0 aliphatic rings. The van der Waals surface area contributed by atoms with E-state index in [0.29, 0.717) is 13.2 Å². The first-order valence-electron chi connectivity index (χ1n) is 8.11. The molecule has 23 heavy (non-hydrogen) atoms. The number of nitrogens with one attached hydrogen (secondary N) is 2. The molecule has 0 saturated carbocycles. The van der Waals surface area contributed by atoms with Gasteiger partial charge in [-0.2, -0.15) is 0 Å². The number of aryl methyl sites for hydroxylation is 1. The standard InChI is InChI=1S/C18H26N4O/c1-3-19-18(20-10-14-22-12-6-7-13-22)21-11-15-23-17-9-5-4-8-16(17)2/h4-9,12-13H,3,10-11,14-15H2,1-2H3,(H2,19,20,21). The van der Waals surface area contributed by atoms with Crippen LogP contribution in [0.15, 0.2) is 53.8 Å². The quantitative estimate of drug-likeness (QED) is 0.447. The first-order valence-corrected chi connectivity index (χ1v) is 8.11. The Labute approximate surface area is 138 Å². The molecule has 1 heterocycles. The number of rotatable bonds is 8. The highest BCUT2D eigenvalue weighted by Crippen LogP contribution is 2.15. The summed E-state index contributed by atoms with van der Waals surface area (Å²) in [4.78, 5) is 4.57. The highest BCUT2D eigenvalue weighted by Gasteiger charge is 1.99. The second-order valence-corrected chi connectivity index (χ2v) is 5.22. The minimum atomic E-state index is 0.604. The molecule has 0 atom stereocenters. The molecular weight excluding hydrogens is 288 g/mol. The van der Waals surface area contributed by atoms with Gasteiger partial charge in [0.15, 0.2) is 5.96 Å². The van der Waals surface area contributed by atoms with Crippen LogP contribution in [0, 0.1) is 6.92 Å². The molecule has 0 fully saturated rings. The van der Waals surface area contributed by atoms with Gasteiger partial charge in [-0.1, -0.05) is 18.2 Å². The zero-order chi connectivity index (χ0) is 16.3. The number of hydrogen-bond acceptors (Lipinski definition) is 2. The van der Waals surface area contributed by atoms with Gasteiger partial charge in [-0.15, -0.1) is 0 Å². The Hall–Kier alpha value is -2.43. The van der Waals surface area contributed by atoms with Gasteiger partial charge < -0.3 is 19.9 Å². The number of guanidine groups is 1. The summed E-state index contributed by atoms with van der Waals surface area (Å²) in [5.41, 5.74) is 1.15. The molecule has 0 unspecified atom stereocenters. The summed E-state index contributed by atoms with van der Waals surface area (Å²) in [5, 5.41) is 6.54. The highest BCUT2D eigenvalue weighted by atomic mass is 16.5. The largest absolute Gasteiger partial charge is 0.491 e. The summed E-state index contributed by atoms with van der Waals surface area (Å²) in [6.07, 6.45) is 4.10. The predicted octanol–water partition coefficient (Wildman–Crippen LogP) is 2.43. The Kier molecular flexibility index (Phi) is 7.04. The summed E-state index contributed by atoms with van der Waals surface area (Å²) in [5.74, 6) is 1.76. The first-order chi connectivity index (χ1) is 11.3. The van der Waals surface area contributed by atoms with E-state index in [1.54, 1.807) is 0 Å². The van der Waals surface area contributed by atoms with Gasteiger partial charge in [-0.3, -0.25) is 4.99 Å². The van der Waals surface area contributed by atoms with Gasteiger partial charge in [0.05, 0.1) is 13.1 Å². The third-order valence-corrected chi connectivity index (χ3v) is 3.38. The molecule has 5 nitrogen and oxygen atoms in total. The van der Waals surface area contributed by atoms with Crippen LogP contribution in [0.25, 0.3) is 0 Å². The van der Waals surface area contributed by atoms with Crippen LogP contribution in [0.2, 0.25) is 0 Å². The number of nitrogens with zero attached hydrogens (tertiary/aromatic N) is 2. The molecule has 0 saturated heterocycles. The molecule has 5 heteroatoms. The van der Waals surface area contributed by atoms with Crippen LogP contribution < -0.4 is 15.4 Å². The number of aliphatic imine (C=N–C) groups is 1. The lowest BCUT2D eigenvalue weighted by Crippen LogP contribution is -2.39. The average molecular weight is 314 g/mol. The molecular formula is C18H26N4O. The van der Waals surface area contributed by atoms with Gasteiger partial charge in [-0.05, 0) is 37.6 Å². The van der Waals surface area contributed by atoms with Crippen molar-refractivity contribution >= 4 is 5.96 Å². The van der Waals surface area contributed by atoms with E-state index in [0.717, 1.165) is 36.9 Å². The smallest absolute Gasteiger partial charge is 0.191 e. The maximum Gasteiger partial charge on any atom is 0.191 e. The fourth-order valence-corrected chi connectivity index (χ4v) is 2.19. The second-order valence-electron chi connectivity index (χ2n) is 5.22. The van der Waals surface area contributed by atoms with E-state index in [9.17, 15) is 0 Å². The summed E-state index contributed by atoms with van der Waals surface area (Å²) in [7, 11) is 0. The molecule has 1 aromatic heterocycles. The number of ether oxygens (including phenoxy) is 1. The number of hydrogen-bond donors (Lipinski definition) is 2. The third kappa shape index (κ3) is 6.06. The van der Waals surface area contributed by atoms with E-state index < -0.39 is 0 Å². The van der Waals surface area contributed by atoms with Crippen molar-refractivity contribution in [3.63, 3.8) is 0 Å². The lowest BCUT2D eigenvalue weighted by Gasteiger charge is -2.13. The average Bonchev–Trinajstić information content (AvgIpc) is 3.06. The number of para-hydroxylation sites is 1. The van der Waals surface area contributed by atoms with E-state index in [-0.39, 0.29) is 0 Å². The zero-order valence-corrected chi connectivity index (χ0v) is 14.0. The predicted molar refractivity (Wildman–Crippen MR) is 95.1 cm³/mol. The molecule has 124 valence electrons. The lowest BCUT2D eigenvalue weighted by molar-refractivity contribution is 0.320. The van der Waals surface area contributed by atoms with Crippen molar-refractivity contribution in [2.24, 2.45) is 4.99 Å². The van der Waals surface area contributed by atoms with E-state index >= 15 is 0 Å². The van der Waals surface area contributed by atoms with Gasteiger partial charge in [0.1, 0.15) is 12.4 Å². The molecule has 2 aromatic rings. The Morgan fingerprint density at radius 3 is 2.65 bits per heavy atom. The van der Waals surface area contributed by atoms with Gasteiger partial charge in [0.25, 0.3) is 0 Å². The van der Waals surface area contributed by atoms with Crippen molar-refractivity contribution < 1.29 is 4.74 Å². The summed E-state index contributed by atoms with van der Waals surface area (Å²) in [6, 6.07) is 12.1. The van der Waals surface area contributed by atoms with E-state index in [2.05, 4.69) is 40.1 Å². The Morgan fingerprint density at radius 1 is 1.13 bits per heavy atom. The third-order valence-electron chi connectivity index (χ3n) is 3.38. The van der Waals surface area contributed by atoms with Gasteiger partial charge in [-0.25, -0.2) is 0 Å². The summed E-state index contributed by atoms with van der Waals surface area (Å²) < 4.78 is 7.90. The second kappa shape index (κ2) is 9.56. The van der Waals surface area contributed by atoms with Crippen LogP contribution in [0.4, 0.5) is 0 Å². The zero-order valence-electron chi connectivity index (χ0n) is 14.0. The monoisotopic (exact) mass is 314 g/mol. The lowest BCUT2D eigenvalue weighted by atomic mass is 10.2. The fraction of sp³-hybridized carbons (Fsp3) is 0.389. The van der Waals surface area contributed by atoms with Gasteiger partial charge in [0, 0.05) is 25.5 Å². The molecule has 0 aliphatic heterocycles. The van der Waals surface area contributed by atoms with Crippen molar-refractivity contribution in [3.05, 3.63) is 54.4 Å². The van der Waals surface area contributed by atoms with E-state index in [4.69, 9.17) is 4.74 Å². The van der Waals surface area contributed by atoms with Crippen LogP contribution in [0.5, 0.6) is 5.75 Å². The summed E-state index contributed by atoms with van der Waals surface area (Å²) >= 11 is 0. The van der Waals surface area contributed by atoms with Crippen molar-refractivity contribution in [1.29, 1.82) is 0 Å². The topological polar surface area (TPSA) is 50.6 Å². The first kappa shape index (κ1) is 16.9. The van der Waals surface area contributed by atoms with Gasteiger partial charge >= 0.3 is 0 Å². The van der Waals surface area contributed by atoms with Crippen molar-refractivity contribution in [2.75, 3.05) is 26.2 Å². The molecule has 0 spiro atoms. The van der Waals surface area contributed by atoms with E-state index in [1.165, 1.54) is 0 Å². The normalized spacial score (nSPS) is 11.3. The maximum atomic E-state index is 5.78. The van der Waals surface area contributed by atoms with Crippen LogP contribution >= 0.6 is 0 Å². The minimum absolute atomic E-state index is 0.604. The van der Waals surface area contributed by atoms with Crippen LogP contribution in [0.3, 0.4) is 0 Å². The summed E-state index contributed by atoms with van der Waals surface area (Å²) in [6.45, 7) is 7.89. The van der Waals surface area contributed by atoms with Crippen LogP contribution in [0.1, 0.15) is 12.5 Å². The van der Waals surface area contributed by atoms with Crippen molar-refractivity contribution in [1.82, 2.24) is 15.2 Å². The van der Waals surface area contributed by atoms with E-state index in [1.807, 2.05) is 42.7 Å². The number of benzene rings is 1. The SMILES string of the molecule is CCNC(=NCCn1cccc1)NCCOc1ccccc1C. The van der Waals surface area contributed by atoms with Crippen LogP contribution in [-0.2, 0) is 6.54 Å². The Balaban J connectivity index is 1.72. The molecule has 0 aliphatic carbocycles. The molecule has 2 N–H and O–H groups in total. The number of aromatic nitrogens is 1. The van der Waals surface area contributed by atoms with Crippen molar-refractivity contribution in [3.8, 4) is 5.75 Å². The van der Waals surface area contributed by atoms with Crippen molar-refractivity contribution in [2.45, 2.75) is 20.4 Å². The molecule has 0 amide bonds. The molecule has 0 radical (unpaired) electrons.